The van der Waals surface area contributed by atoms with E-state index in [-0.39, 0.29) is 10.8 Å². The number of furan rings is 1. The van der Waals surface area contributed by atoms with E-state index >= 15 is 0 Å². The van der Waals surface area contributed by atoms with Gasteiger partial charge in [-0.25, -0.2) is 4.98 Å². The van der Waals surface area contributed by atoms with E-state index in [0.717, 1.165) is 22.2 Å². The van der Waals surface area contributed by atoms with E-state index in [9.17, 15) is 13.2 Å². The highest BCUT2D eigenvalue weighted by Crippen LogP contribution is 2.43. The fourth-order valence-electron chi connectivity index (χ4n) is 3.27. The normalized spacial score (nSPS) is 11.8. The van der Waals surface area contributed by atoms with Gasteiger partial charge in [0.1, 0.15) is 0 Å². The molecule has 0 amide bonds. The Kier molecular flexibility index (Phi) is 6.35. The SMILES string of the molecule is CC(C)c1ccccc1Sc1ccc(-c2csc(N(C)c3ccco3)n2)cc1C(F)(F)F. The van der Waals surface area contributed by atoms with E-state index in [1.54, 1.807) is 41.8 Å². The zero-order chi connectivity index (χ0) is 22.9. The first-order valence-corrected chi connectivity index (χ1v) is 11.6. The third kappa shape index (κ3) is 4.71. The summed E-state index contributed by atoms with van der Waals surface area (Å²) in [5.41, 5.74) is 1.29. The van der Waals surface area contributed by atoms with Gasteiger partial charge < -0.3 is 4.42 Å². The topological polar surface area (TPSA) is 29.3 Å². The number of alkyl halides is 3. The summed E-state index contributed by atoms with van der Waals surface area (Å²) in [6.45, 7) is 4.07. The number of aromatic nitrogens is 1. The summed E-state index contributed by atoms with van der Waals surface area (Å²) >= 11 is 2.49. The van der Waals surface area contributed by atoms with Crippen molar-refractivity contribution in [1.29, 1.82) is 0 Å². The van der Waals surface area contributed by atoms with Crippen LogP contribution in [0.15, 0.2) is 80.4 Å². The number of thiazole rings is 1. The van der Waals surface area contributed by atoms with Crippen molar-refractivity contribution >= 4 is 34.1 Å². The Morgan fingerprint density at radius 2 is 1.81 bits per heavy atom. The second-order valence-corrected chi connectivity index (χ2v) is 9.45. The first-order chi connectivity index (χ1) is 15.2. The summed E-state index contributed by atoms with van der Waals surface area (Å²) in [5.74, 6) is 0.823. The molecule has 32 heavy (non-hydrogen) atoms. The maximum absolute atomic E-state index is 14.0. The molecule has 2 heterocycles. The zero-order valence-corrected chi connectivity index (χ0v) is 19.3. The molecule has 0 saturated carbocycles. The first kappa shape index (κ1) is 22.5. The van der Waals surface area contributed by atoms with Crippen LogP contribution in [-0.4, -0.2) is 12.0 Å². The van der Waals surface area contributed by atoms with Crippen LogP contribution in [0.25, 0.3) is 11.3 Å². The van der Waals surface area contributed by atoms with Gasteiger partial charge >= 0.3 is 6.18 Å². The summed E-state index contributed by atoms with van der Waals surface area (Å²) in [4.78, 5) is 7.29. The molecule has 3 nitrogen and oxygen atoms in total. The first-order valence-electron chi connectivity index (χ1n) is 9.95. The fourth-order valence-corrected chi connectivity index (χ4v) is 5.31. The van der Waals surface area contributed by atoms with Gasteiger partial charge in [0.25, 0.3) is 0 Å². The van der Waals surface area contributed by atoms with Crippen LogP contribution in [-0.2, 0) is 6.18 Å². The smallest absolute Gasteiger partial charge is 0.417 e. The molecule has 0 aliphatic carbocycles. The number of hydrogen-bond donors (Lipinski definition) is 0. The van der Waals surface area contributed by atoms with Crippen molar-refractivity contribution in [2.45, 2.75) is 35.7 Å². The molecule has 0 N–H and O–H groups in total. The molecular weight excluding hydrogens is 453 g/mol. The summed E-state index contributed by atoms with van der Waals surface area (Å²) in [5, 5.41) is 2.39. The number of hydrogen-bond acceptors (Lipinski definition) is 5. The molecule has 2 aromatic carbocycles. The third-order valence-corrected chi connectivity index (χ3v) is 7.04. The van der Waals surface area contributed by atoms with Gasteiger partial charge in [0.2, 0.25) is 5.88 Å². The highest BCUT2D eigenvalue weighted by molar-refractivity contribution is 7.99. The second-order valence-electron chi connectivity index (χ2n) is 7.53. The van der Waals surface area contributed by atoms with Crippen LogP contribution in [0.5, 0.6) is 0 Å². The lowest BCUT2D eigenvalue weighted by atomic mass is 10.0. The van der Waals surface area contributed by atoms with Crippen molar-refractivity contribution in [2.75, 3.05) is 11.9 Å². The Hall–Kier alpha value is -2.71. The average Bonchev–Trinajstić information content (AvgIpc) is 3.45. The molecule has 0 aliphatic rings. The van der Waals surface area contributed by atoms with Gasteiger partial charge in [-0.05, 0) is 35.7 Å². The molecule has 166 valence electrons. The maximum atomic E-state index is 14.0. The number of anilines is 2. The highest BCUT2D eigenvalue weighted by atomic mass is 32.2. The van der Waals surface area contributed by atoms with Gasteiger partial charge in [0, 0.05) is 33.8 Å². The lowest BCUT2D eigenvalue weighted by Crippen LogP contribution is -2.08. The molecule has 0 atom stereocenters. The van der Waals surface area contributed by atoms with Gasteiger partial charge in [-0.2, -0.15) is 13.2 Å². The summed E-state index contributed by atoms with van der Waals surface area (Å²) in [6, 6.07) is 15.6. The minimum Gasteiger partial charge on any atom is -0.448 e. The monoisotopic (exact) mass is 474 g/mol. The van der Waals surface area contributed by atoms with E-state index in [1.807, 2.05) is 38.1 Å². The van der Waals surface area contributed by atoms with Crippen LogP contribution < -0.4 is 4.90 Å². The largest absolute Gasteiger partial charge is 0.448 e. The van der Waals surface area contributed by atoms with Gasteiger partial charge in [-0.15, -0.1) is 11.3 Å². The molecular formula is C24H21F3N2OS2. The van der Waals surface area contributed by atoms with E-state index in [4.69, 9.17) is 4.42 Å². The molecule has 0 saturated heterocycles. The highest BCUT2D eigenvalue weighted by Gasteiger charge is 2.34. The van der Waals surface area contributed by atoms with Crippen molar-refractivity contribution in [3.05, 3.63) is 77.4 Å². The fraction of sp³-hybridized carbons (Fsp3) is 0.208. The van der Waals surface area contributed by atoms with Crippen LogP contribution in [0.2, 0.25) is 0 Å². The molecule has 8 heteroatoms. The van der Waals surface area contributed by atoms with E-state index < -0.39 is 11.7 Å². The van der Waals surface area contributed by atoms with Gasteiger partial charge in [-0.3, -0.25) is 4.90 Å². The summed E-state index contributed by atoms with van der Waals surface area (Å²) in [7, 11) is 1.80. The quantitative estimate of drug-likeness (QED) is 0.280. The maximum Gasteiger partial charge on any atom is 0.417 e. The van der Waals surface area contributed by atoms with Crippen LogP contribution in [0, 0.1) is 0 Å². The molecule has 0 bridgehead atoms. The Bertz CT molecular complexity index is 1200. The standard InChI is InChI=1S/C24H21F3N2OS2/c1-15(2)17-7-4-5-8-20(17)32-21-11-10-16(13-18(21)24(25,26)27)19-14-31-23(28-19)29(3)22-9-6-12-30-22/h4-15H,1-3H3. The van der Waals surface area contributed by atoms with Crippen molar-refractivity contribution < 1.29 is 17.6 Å². The minimum atomic E-state index is -4.48. The summed E-state index contributed by atoms with van der Waals surface area (Å²) < 4.78 is 47.3. The number of rotatable bonds is 6. The van der Waals surface area contributed by atoms with Gasteiger partial charge in [0.05, 0.1) is 17.5 Å². The Balaban J connectivity index is 1.68. The lowest BCUT2D eigenvalue weighted by Gasteiger charge is -2.16. The van der Waals surface area contributed by atoms with Crippen molar-refractivity contribution in [3.63, 3.8) is 0 Å². The minimum absolute atomic E-state index is 0.178. The van der Waals surface area contributed by atoms with Crippen LogP contribution in [0.1, 0.15) is 30.9 Å². The van der Waals surface area contributed by atoms with Crippen molar-refractivity contribution in [3.8, 4) is 11.3 Å². The van der Waals surface area contributed by atoms with Gasteiger partial charge in [0.15, 0.2) is 5.13 Å². The third-order valence-electron chi connectivity index (χ3n) is 4.96. The predicted molar refractivity (Wildman–Crippen MR) is 124 cm³/mol. The summed E-state index contributed by atoms with van der Waals surface area (Å²) in [6.07, 6.45) is -2.92. The predicted octanol–water partition coefficient (Wildman–Crippen LogP) is 8.46. The van der Waals surface area contributed by atoms with E-state index in [2.05, 4.69) is 4.98 Å². The Labute approximate surface area is 192 Å². The van der Waals surface area contributed by atoms with Crippen molar-refractivity contribution in [2.24, 2.45) is 0 Å². The molecule has 0 spiro atoms. The van der Waals surface area contributed by atoms with Crippen LogP contribution >= 0.6 is 23.1 Å². The zero-order valence-electron chi connectivity index (χ0n) is 17.7. The van der Waals surface area contributed by atoms with Crippen molar-refractivity contribution in [1.82, 2.24) is 4.98 Å². The van der Waals surface area contributed by atoms with Crippen LogP contribution in [0.4, 0.5) is 24.2 Å². The Morgan fingerprint density at radius 1 is 1.03 bits per heavy atom. The van der Waals surface area contributed by atoms with Gasteiger partial charge in [-0.1, -0.05) is 49.9 Å². The molecule has 0 radical (unpaired) electrons. The van der Waals surface area contributed by atoms with E-state index in [1.165, 1.54) is 23.5 Å². The second kappa shape index (κ2) is 9.03. The number of benzene rings is 2. The molecule has 2 aromatic heterocycles. The van der Waals surface area contributed by atoms with Crippen LogP contribution in [0.3, 0.4) is 0 Å². The average molecular weight is 475 g/mol. The number of halogens is 3. The number of nitrogens with zero attached hydrogens (tertiary/aromatic N) is 2. The van der Waals surface area contributed by atoms with E-state index in [0.29, 0.717) is 22.3 Å². The molecule has 0 aliphatic heterocycles. The molecule has 0 fully saturated rings. The lowest BCUT2D eigenvalue weighted by molar-refractivity contribution is -0.139. The molecule has 4 rings (SSSR count). The molecule has 0 unspecified atom stereocenters. The Morgan fingerprint density at radius 3 is 2.50 bits per heavy atom. The molecule has 4 aromatic rings.